The number of rotatable bonds is 8. The second-order valence-electron chi connectivity index (χ2n) is 10.4. The van der Waals surface area contributed by atoms with Crippen molar-refractivity contribution < 1.29 is 40.4 Å². The van der Waals surface area contributed by atoms with Crippen LogP contribution in [0.2, 0.25) is 0 Å². The van der Waals surface area contributed by atoms with Gasteiger partial charge in [-0.2, -0.15) is 17.6 Å². The van der Waals surface area contributed by atoms with E-state index in [4.69, 9.17) is 4.74 Å². The third-order valence-corrected chi connectivity index (χ3v) is 11.4. The fraction of sp³-hybridized carbons (Fsp3) is 0.630. The zero-order valence-electron chi connectivity index (χ0n) is 21.3. The molecule has 1 aliphatic heterocycles. The van der Waals surface area contributed by atoms with Gasteiger partial charge in [-0.25, -0.2) is 8.42 Å². The van der Waals surface area contributed by atoms with E-state index >= 15 is 0 Å². The van der Waals surface area contributed by atoms with Gasteiger partial charge in [-0.05, 0) is 68.6 Å². The largest absolute Gasteiger partial charge is 0.743 e. The Morgan fingerprint density at radius 2 is 1.66 bits per heavy atom. The highest BCUT2D eigenvalue weighted by Crippen LogP contribution is 2.58. The zero-order valence-corrected chi connectivity index (χ0v) is 22.9. The van der Waals surface area contributed by atoms with Crippen LogP contribution < -0.4 is 4.74 Å². The maximum absolute atomic E-state index is 13.6. The molecule has 0 spiro atoms. The summed E-state index contributed by atoms with van der Waals surface area (Å²) in [6, 6.07) is 13.3. The lowest BCUT2D eigenvalue weighted by Crippen LogP contribution is -2.53. The highest BCUT2D eigenvalue weighted by molar-refractivity contribution is 7.97. The number of unbranched alkanes of at least 4 members (excludes halogenated alkanes) is 1. The Morgan fingerprint density at radius 1 is 1.00 bits per heavy atom. The van der Waals surface area contributed by atoms with Crippen LogP contribution in [0.1, 0.15) is 51.9 Å². The predicted octanol–water partition coefficient (Wildman–Crippen LogP) is 5.96. The Kier molecular flexibility index (Phi) is 8.91. The summed E-state index contributed by atoms with van der Waals surface area (Å²) in [6.07, 6.45) is 4.01. The summed E-state index contributed by atoms with van der Waals surface area (Å²) in [4.78, 5) is 1.56. The van der Waals surface area contributed by atoms with E-state index in [-0.39, 0.29) is 19.3 Å². The van der Waals surface area contributed by atoms with E-state index in [9.17, 15) is 35.6 Å². The van der Waals surface area contributed by atoms with Crippen LogP contribution in [-0.4, -0.2) is 53.5 Å². The normalized spacial score (nSPS) is 26.0. The minimum atomic E-state index is -6.42. The SMILES string of the molecule is CCCCOc1ccc([S+]2CCCC2)c2ccccc12.O=S(=O)([O-])C(F)(F)C(F)(F)C1CC2CC1CC2O. The Labute approximate surface area is 224 Å². The molecule has 38 heavy (non-hydrogen) atoms. The molecule has 212 valence electrons. The van der Waals surface area contributed by atoms with Crippen molar-refractivity contribution >= 4 is 31.8 Å². The summed E-state index contributed by atoms with van der Waals surface area (Å²) in [5.74, 6) is -4.35. The van der Waals surface area contributed by atoms with Gasteiger partial charge >= 0.3 is 11.2 Å². The lowest BCUT2D eigenvalue weighted by atomic mass is 9.83. The van der Waals surface area contributed by atoms with E-state index in [1.807, 2.05) is 0 Å². The molecule has 1 heterocycles. The number of alkyl halides is 4. The second-order valence-corrected chi connectivity index (χ2v) is 14.1. The number of ether oxygens (including phenoxy) is 1. The van der Waals surface area contributed by atoms with E-state index in [1.165, 1.54) is 41.5 Å². The molecule has 0 radical (unpaired) electrons. The quantitative estimate of drug-likeness (QED) is 0.181. The van der Waals surface area contributed by atoms with Crippen LogP contribution in [0.5, 0.6) is 5.75 Å². The van der Waals surface area contributed by atoms with Crippen molar-refractivity contribution in [3.63, 3.8) is 0 Å². The smallest absolute Gasteiger partial charge is 0.396 e. The molecule has 2 aliphatic carbocycles. The maximum Gasteiger partial charge on any atom is 0.396 e. The third kappa shape index (κ3) is 5.67. The first-order valence-corrected chi connectivity index (χ1v) is 16.1. The van der Waals surface area contributed by atoms with Gasteiger partial charge < -0.3 is 14.4 Å². The van der Waals surface area contributed by atoms with Gasteiger partial charge in [0.2, 0.25) is 0 Å². The van der Waals surface area contributed by atoms with E-state index in [0.717, 1.165) is 18.8 Å². The van der Waals surface area contributed by atoms with E-state index < -0.39 is 45.2 Å². The number of benzene rings is 2. The van der Waals surface area contributed by atoms with Crippen LogP contribution in [0, 0.1) is 17.8 Å². The number of aliphatic hydroxyl groups excluding tert-OH is 1. The van der Waals surface area contributed by atoms with Crippen LogP contribution >= 0.6 is 0 Å². The number of hydrogen-bond donors (Lipinski definition) is 1. The van der Waals surface area contributed by atoms with Crippen molar-refractivity contribution in [2.45, 2.75) is 74.0 Å². The number of aliphatic hydroxyl groups is 1. The first-order valence-electron chi connectivity index (χ1n) is 13.1. The van der Waals surface area contributed by atoms with Crippen molar-refractivity contribution in [3.8, 4) is 5.75 Å². The fourth-order valence-corrected chi connectivity index (χ4v) is 8.88. The van der Waals surface area contributed by atoms with Crippen LogP contribution in [0.4, 0.5) is 17.6 Å². The number of hydrogen-bond acceptors (Lipinski definition) is 5. The predicted molar refractivity (Wildman–Crippen MR) is 139 cm³/mol. The van der Waals surface area contributed by atoms with Crippen LogP contribution in [0.15, 0.2) is 41.3 Å². The van der Waals surface area contributed by atoms with Gasteiger partial charge in [0, 0.05) is 27.6 Å². The van der Waals surface area contributed by atoms with Crippen molar-refractivity contribution in [2.75, 3.05) is 18.1 Å². The van der Waals surface area contributed by atoms with Crippen LogP contribution in [-0.2, 0) is 21.0 Å². The second kappa shape index (κ2) is 11.5. The fourth-order valence-electron chi connectivity index (χ4n) is 5.89. The van der Waals surface area contributed by atoms with Gasteiger partial charge in [0.15, 0.2) is 15.0 Å². The lowest BCUT2D eigenvalue weighted by Gasteiger charge is -2.37. The molecule has 11 heteroatoms. The van der Waals surface area contributed by atoms with E-state index in [1.54, 1.807) is 4.90 Å². The molecule has 2 aromatic rings. The molecule has 4 unspecified atom stereocenters. The Balaban J connectivity index is 0.000000178. The summed E-state index contributed by atoms with van der Waals surface area (Å²) in [6.45, 7) is 3.03. The molecule has 5 nitrogen and oxygen atoms in total. The van der Waals surface area contributed by atoms with E-state index in [0.29, 0.717) is 10.9 Å². The molecule has 1 saturated heterocycles. The molecule has 0 amide bonds. The van der Waals surface area contributed by atoms with E-state index in [2.05, 4.69) is 43.3 Å². The average molecular weight is 579 g/mol. The average Bonchev–Trinajstić information content (AvgIpc) is 3.62. The van der Waals surface area contributed by atoms with Gasteiger partial charge in [-0.1, -0.05) is 31.5 Å². The van der Waals surface area contributed by atoms with Gasteiger partial charge in [-0.15, -0.1) is 0 Å². The van der Waals surface area contributed by atoms with Crippen molar-refractivity contribution in [3.05, 3.63) is 36.4 Å². The summed E-state index contributed by atoms with van der Waals surface area (Å²) < 4.78 is 90.1. The summed E-state index contributed by atoms with van der Waals surface area (Å²) in [7, 11) is -5.96. The van der Waals surface area contributed by atoms with Gasteiger partial charge in [0.05, 0.1) is 12.7 Å². The van der Waals surface area contributed by atoms with Crippen LogP contribution in [0.3, 0.4) is 0 Å². The first kappa shape index (κ1) is 29.4. The molecular formula is C27H34F4O5S2. The highest BCUT2D eigenvalue weighted by atomic mass is 32.2. The van der Waals surface area contributed by atoms with Crippen molar-refractivity contribution in [2.24, 2.45) is 17.8 Å². The molecule has 1 N–H and O–H groups in total. The van der Waals surface area contributed by atoms with Crippen molar-refractivity contribution in [1.29, 1.82) is 0 Å². The Hall–Kier alpha value is -1.56. The summed E-state index contributed by atoms with van der Waals surface area (Å²) in [5, 5.41) is 6.44. The van der Waals surface area contributed by atoms with Gasteiger partial charge in [0.25, 0.3) is 0 Å². The first-order chi connectivity index (χ1) is 17.9. The molecule has 0 aromatic heterocycles. The molecule has 2 saturated carbocycles. The number of halogens is 4. The molecule has 3 aliphatic rings. The standard InChI is InChI=1S/C18H23OS.C9H12F4O4S/c1-2-3-12-19-17-10-11-18(20-13-6-7-14-20)16-9-5-4-8-15(16)17;10-8(11,9(12,13)18(15,16)17)6-2-5-1-4(6)3-7(5)14/h4-5,8-11H,2-3,6-7,12-14H2,1H3;4-7,14H,1-3H2,(H,15,16,17)/q+1;/p-1. The summed E-state index contributed by atoms with van der Waals surface area (Å²) >= 11 is 0. The lowest BCUT2D eigenvalue weighted by molar-refractivity contribution is -0.205. The van der Waals surface area contributed by atoms with Crippen LogP contribution in [0.25, 0.3) is 10.8 Å². The topological polar surface area (TPSA) is 86.7 Å². The minimum Gasteiger partial charge on any atom is -0.743 e. The Bertz CT molecular complexity index is 1220. The molecule has 2 bridgehead atoms. The molecule has 2 aromatic carbocycles. The minimum absolute atomic E-state index is 0.0556. The monoisotopic (exact) mass is 578 g/mol. The molecule has 5 rings (SSSR count). The molecule has 3 fully saturated rings. The highest BCUT2D eigenvalue weighted by Gasteiger charge is 2.69. The van der Waals surface area contributed by atoms with Crippen molar-refractivity contribution in [1.82, 2.24) is 0 Å². The molecular weight excluding hydrogens is 544 g/mol. The zero-order chi connectivity index (χ0) is 27.7. The van der Waals surface area contributed by atoms with Gasteiger partial charge in [0.1, 0.15) is 17.3 Å². The molecule has 4 atom stereocenters. The maximum atomic E-state index is 13.6. The third-order valence-electron chi connectivity index (χ3n) is 7.93. The number of fused-ring (bicyclic) bond motifs is 3. The summed E-state index contributed by atoms with van der Waals surface area (Å²) in [5.41, 5.74) is 0. The van der Waals surface area contributed by atoms with Gasteiger partial charge in [-0.3, -0.25) is 0 Å². The Morgan fingerprint density at radius 3 is 2.21 bits per heavy atom.